The van der Waals surface area contributed by atoms with Gasteiger partial charge in [0.1, 0.15) is 0 Å². The van der Waals surface area contributed by atoms with Gasteiger partial charge in [-0.05, 0) is 18.2 Å². The molecule has 0 spiro atoms. The number of H-pyrrole nitrogens is 1. The molecule has 0 unspecified atom stereocenters. The average molecular weight is 399 g/mol. The van der Waals surface area contributed by atoms with Crippen LogP contribution in [0.3, 0.4) is 0 Å². The largest absolute Gasteiger partial charge is 0.493 e. The zero-order valence-electron chi connectivity index (χ0n) is 15.3. The number of nitrogens with two attached hydrogens (primary N) is 1. The number of nitrogen functional groups attached to an aromatic ring is 1. The maximum Gasteiger partial charge on any atom is 0.255 e. The number of para-hydroxylation sites is 1. The molecular weight excluding hydrogens is 380 g/mol. The number of halogens is 1. The van der Waals surface area contributed by atoms with Gasteiger partial charge in [-0.3, -0.25) is 4.79 Å². The predicted octanol–water partition coefficient (Wildman–Crippen LogP) is 3.31. The summed E-state index contributed by atoms with van der Waals surface area (Å²) >= 11 is 6.25. The molecular formula is C19H19ClN6O2. The molecule has 8 nitrogen and oxygen atoms in total. The number of benzene rings is 1. The molecule has 3 aromatic rings. The number of ether oxygens (including phenoxy) is 1. The van der Waals surface area contributed by atoms with E-state index in [0.717, 1.165) is 5.69 Å². The number of aromatic nitrogens is 3. The van der Waals surface area contributed by atoms with Crippen molar-refractivity contribution in [1.82, 2.24) is 20.3 Å². The summed E-state index contributed by atoms with van der Waals surface area (Å²) in [5.74, 6) is 0.578. The fraction of sp³-hybridized carbons (Fsp3) is 0.211. The average Bonchev–Trinajstić information content (AvgIpc) is 3.06. The summed E-state index contributed by atoms with van der Waals surface area (Å²) in [7, 11) is 1.54. The van der Waals surface area contributed by atoms with Gasteiger partial charge < -0.3 is 26.1 Å². The number of hydrogen-bond donors (Lipinski definition) is 4. The van der Waals surface area contributed by atoms with Crippen LogP contribution in [0, 0.1) is 0 Å². The lowest BCUT2D eigenvalue weighted by atomic mass is 9.98. The van der Waals surface area contributed by atoms with Crippen LogP contribution < -0.4 is 21.1 Å². The molecule has 1 aliphatic rings. The van der Waals surface area contributed by atoms with Crippen LogP contribution in [0.25, 0.3) is 11.4 Å². The van der Waals surface area contributed by atoms with Crippen molar-refractivity contribution in [3.05, 3.63) is 46.7 Å². The van der Waals surface area contributed by atoms with E-state index in [2.05, 4.69) is 25.6 Å². The third kappa shape index (κ3) is 3.01. The van der Waals surface area contributed by atoms with E-state index in [1.54, 1.807) is 31.5 Å². The van der Waals surface area contributed by atoms with E-state index in [0.29, 0.717) is 45.6 Å². The lowest BCUT2D eigenvalue weighted by molar-refractivity contribution is 0.0942. The summed E-state index contributed by atoms with van der Waals surface area (Å²) in [6.07, 6.45) is 1.57. The van der Waals surface area contributed by atoms with Gasteiger partial charge in [-0.25, -0.2) is 9.97 Å². The molecule has 28 heavy (non-hydrogen) atoms. The number of aromatic amines is 1. The minimum absolute atomic E-state index is 0.113. The Balaban J connectivity index is 1.92. The molecule has 0 saturated carbocycles. The summed E-state index contributed by atoms with van der Waals surface area (Å²) in [5.41, 5.74) is 9.57. The van der Waals surface area contributed by atoms with Gasteiger partial charge in [0.05, 0.1) is 40.5 Å². The second kappa shape index (κ2) is 7.05. The van der Waals surface area contributed by atoms with E-state index in [1.807, 2.05) is 13.0 Å². The number of fused-ring (bicyclic) bond motifs is 1. The molecule has 0 aliphatic carbocycles. The third-order valence-electron chi connectivity index (χ3n) is 4.68. The van der Waals surface area contributed by atoms with Crippen molar-refractivity contribution >= 4 is 34.8 Å². The fourth-order valence-corrected chi connectivity index (χ4v) is 3.59. The van der Waals surface area contributed by atoms with Gasteiger partial charge >= 0.3 is 0 Å². The van der Waals surface area contributed by atoms with E-state index >= 15 is 0 Å². The smallest absolute Gasteiger partial charge is 0.255 e. The van der Waals surface area contributed by atoms with E-state index in [-0.39, 0.29) is 17.8 Å². The SMILES string of the molecule is COc1c(Cl)cccc1Nc1c(-c2ccnc(N)n2)[nH]c2c1C(=O)NC[C@H]2C. The summed E-state index contributed by atoms with van der Waals surface area (Å²) in [6, 6.07) is 7.10. The Hall–Kier alpha value is -3.26. The van der Waals surface area contributed by atoms with Gasteiger partial charge in [-0.1, -0.05) is 24.6 Å². The van der Waals surface area contributed by atoms with Gasteiger partial charge in [0.2, 0.25) is 5.95 Å². The first-order valence-corrected chi connectivity index (χ1v) is 9.09. The number of amides is 1. The molecule has 0 fully saturated rings. The van der Waals surface area contributed by atoms with Crippen molar-refractivity contribution in [1.29, 1.82) is 0 Å². The van der Waals surface area contributed by atoms with Crippen molar-refractivity contribution < 1.29 is 9.53 Å². The Morgan fingerprint density at radius 1 is 1.36 bits per heavy atom. The molecule has 1 atom stereocenters. The van der Waals surface area contributed by atoms with Crippen LogP contribution in [-0.4, -0.2) is 34.5 Å². The van der Waals surface area contributed by atoms with Gasteiger partial charge in [0.15, 0.2) is 5.75 Å². The van der Waals surface area contributed by atoms with Crippen molar-refractivity contribution in [2.24, 2.45) is 0 Å². The highest BCUT2D eigenvalue weighted by Gasteiger charge is 2.31. The van der Waals surface area contributed by atoms with E-state index < -0.39 is 0 Å². The number of nitrogens with one attached hydrogen (secondary N) is 3. The topological polar surface area (TPSA) is 118 Å². The highest BCUT2D eigenvalue weighted by atomic mass is 35.5. The molecule has 5 N–H and O–H groups in total. The van der Waals surface area contributed by atoms with Crippen LogP contribution in [0.1, 0.15) is 28.9 Å². The minimum Gasteiger partial charge on any atom is -0.493 e. The maximum absolute atomic E-state index is 12.7. The number of methoxy groups -OCH3 is 1. The fourth-order valence-electron chi connectivity index (χ4n) is 3.34. The van der Waals surface area contributed by atoms with Crippen LogP contribution in [-0.2, 0) is 0 Å². The van der Waals surface area contributed by atoms with Gasteiger partial charge in [0.25, 0.3) is 5.91 Å². The Bertz CT molecular complexity index is 1060. The summed E-state index contributed by atoms with van der Waals surface area (Å²) in [4.78, 5) is 24.3. The number of hydrogen-bond acceptors (Lipinski definition) is 6. The standard InChI is InChI=1S/C19H19ClN6O2/c1-9-8-23-18(27)13-14(9)26-15(11-6-7-22-19(21)25-11)16(13)24-12-5-3-4-10(20)17(12)28-2/h3-7,9,24,26H,8H2,1-2H3,(H,23,27)(H2,21,22,25)/t9-/m1/s1. The Labute approximate surface area is 166 Å². The zero-order valence-corrected chi connectivity index (χ0v) is 16.1. The van der Waals surface area contributed by atoms with Crippen molar-refractivity contribution in [3.8, 4) is 17.1 Å². The molecule has 1 aromatic carbocycles. The first-order valence-electron chi connectivity index (χ1n) is 8.72. The predicted molar refractivity (Wildman–Crippen MR) is 108 cm³/mol. The zero-order chi connectivity index (χ0) is 19.8. The van der Waals surface area contributed by atoms with Gasteiger partial charge in [-0.2, -0.15) is 0 Å². The number of rotatable bonds is 4. The highest BCUT2D eigenvalue weighted by Crippen LogP contribution is 2.41. The lowest BCUT2D eigenvalue weighted by Crippen LogP contribution is -2.33. The quantitative estimate of drug-likeness (QED) is 0.535. The van der Waals surface area contributed by atoms with E-state index in [4.69, 9.17) is 22.1 Å². The number of nitrogens with zero attached hydrogens (tertiary/aromatic N) is 2. The normalized spacial score (nSPS) is 15.7. The van der Waals surface area contributed by atoms with E-state index in [9.17, 15) is 4.79 Å². The van der Waals surface area contributed by atoms with Gasteiger partial charge in [0, 0.05) is 24.4 Å². The number of carbonyl (C=O) groups excluding carboxylic acids is 1. The molecule has 3 heterocycles. The number of anilines is 3. The van der Waals surface area contributed by atoms with E-state index in [1.165, 1.54) is 0 Å². The minimum atomic E-state index is -0.166. The molecule has 0 radical (unpaired) electrons. The van der Waals surface area contributed by atoms with Crippen LogP contribution in [0.5, 0.6) is 5.75 Å². The third-order valence-corrected chi connectivity index (χ3v) is 4.98. The summed E-state index contributed by atoms with van der Waals surface area (Å²) in [5, 5.41) is 6.68. The van der Waals surface area contributed by atoms with Crippen LogP contribution >= 0.6 is 11.6 Å². The van der Waals surface area contributed by atoms with Crippen LogP contribution in [0.2, 0.25) is 5.02 Å². The Kier molecular flexibility index (Phi) is 4.56. The monoisotopic (exact) mass is 398 g/mol. The molecule has 1 amide bonds. The molecule has 9 heteroatoms. The second-order valence-electron chi connectivity index (χ2n) is 6.52. The summed E-state index contributed by atoms with van der Waals surface area (Å²) < 4.78 is 5.43. The van der Waals surface area contributed by atoms with Gasteiger partial charge in [-0.15, -0.1) is 0 Å². The molecule has 0 saturated heterocycles. The molecule has 0 bridgehead atoms. The molecule has 2 aromatic heterocycles. The molecule has 4 rings (SSSR count). The Morgan fingerprint density at radius 3 is 2.93 bits per heavy atom. The molecule has 1 aliphatic heterocycles. The van der Waals surface area contributed by atoms with Crippen LogP contribution in [0.15, 0.2) is 30.5 Å². The summed E-state index contributed by atoms with van der Waals surface area (Å²) in [6.45, 7) is 2.59. The maximum atomic E-state index is 12.7. The van der Waals surface area contributed by atoms with Crippen molar-refractivity contribution in [2.45, 2.75) is 12.8 Å². The first-order chi connectivity index (χ1) is 13.5. The second-order valence-corrected chi connectivity index (χ2v) is 6.93. The Morgan fingerprint density at radius 2 is 2.18 bits per heavy atom. The van der Waals surface area contributed by atoms with Crippen LogP contribution in [0.4, 0.5) is 17.3 Å². The van der Waals surface area contributed by atoms with Crippen molar-refractivity contribution in [2.75, 3.05) is 24.7 Å². The van der Waals surface area contributed by atoms with Crippen molar-refractivity contribution in [3.63, 3.8) is 0 Å². The highest BCUT2D eigenvalue weighted by molar-refractivity contribution is 6.32. The lowest BCUT2D eigenvalue weighted by Gasteiger charge is -2.20. The molecule has 144 valence electrons. The number of carbonyl (C=O) groups is 1. The first kappa shape index (κ1) is 18.1.